The first-order valence-electron chi connectivity index (χ1n) is 4.71. The van der Waals surface area contributed by atoms with Gasteiger partial charge in [0, 0.05) is 23.5 Å². The first kappa shape index (κ1) is 9.52. The summed E-state index contributed by atoms with van der Waals surface area (Å²) in [6, 6.07) is 11.1. The first-order valence-corrected chi connectivity index (χ1v) is 4.71. The molecule has 1 aromatic heterocycles. The molecule has 0 radical (unpaired) electrons. The van der Waals surface area contributed by atoms with Crippen LogP contribution in [-0.2, 0) is 0 Å². The number of anilines is 1. The van der Waals surface area contributed by atoms with Gasteiger partial charge in [-0.25, -0.2) is 4.98 Å². The van der Waals surface area contributed by atoms with Gasteiger partial charge in [-0.15, -0.1) is 0 Å². The lowest BCUT2D eigenvalue weighted by atomic mass is 10.2. The topological polar surface area (TPSA) is 48.1 Å². The second-order valence-corrected chi connectivity index (χ2v) is 3.24. The smallest absolute Gasteiger partial charge is 0.219 e. The van der Waals surface area contributed by atoms with E-state index in [-0.39, 0.29) is 0 Å². The molecule has 1 aromatic carbocycles. The average Bonchev–Trinajstić information content (AvgIpc) is 2.26. The second-order valence-electron chi connectivity index (χ2n) is 3.24. The van der Waals surface area contributed by atoms with Gasteiger partial charge in [0.05, 0.1) is 0 Å². The van der Waals surface area contributed by atoms with Gasteiger partial charge in [-0.05, 0) is 25.1 Å². The third-order valence-corrected chi connectivity index (χ3v) is 2.18. The fourth-order valence-corrected chi connectivity index (χ4v) is 1.26. The van der Waals surface area contributed by atoms with Crippen molar-refractivity contribution in [1.29, 1.82) is 0 Å². The summed E-state index contributed by atoms with van der Waals surface area (Å²) in [5, 5.41) is 0. The number of nitrogen functional groups attached to an aromatic ring is 1. The van der Waals surface area contributed by atoms with Gasteiger partial charge in [-0.3, -0.25) is 0 Å². The maximum Gasteiger partial charge on any atom is 0.219 e. The zero-order chi connectivity index (χ0) is 10.7. The Morgan fingerprint density at radius 3 is 2.73 bits per heavy atom. The molecule has 0 aliphatic carbocycles. The standard InChI is InChI=1S/C12H12N2O/c1-9-10(13)5-4-6-11(9)15-12-7-2-3-8-14-12/h2-8H,13H2,1H3. The fraction of sp³-hybridized carbons (Fsp3) is 0.0833. The van der Waals surface area contributed by atoms with Crippen molar-refractivity contribution in [2.24, 2.45) is 0 Å². The van der Waals surface area contributed by atoms with Gasteiger partial charge in [0.25, 0.3) is 0 Å². The van der Waals surface area contributed by atoms with Crippen molar-refractivity contribution in [3.05, 3.63) is 48.2 Å². The van der Waals surface area contributed by atoms with Crippen molar-refractivity contribution in [2.45, 2.75) is 6.92 Å². The van der Waals surface area contributed by atoms with Gasteiger partial charge in [0.15, 0.2) is 0 Å². The number of benzene rings is 1. The Morgan fingerprint density at radius 2 is 2.00 bits per heavy atom. The van der Waals surface area contributed by atoms with Crippen LogP contribution in [0, 0.1) is 6.92 Å². The zero-order valence-corrected chi connectivity index (χ0v) is 8.47. The third kappa shape index (κ3) is 2.07. The summed E-state index contributed by atoms with van der Waals surface area (Å²) in [5.41, 5.74) is 7.43. The molecule has 0 spiro atoms. The van der Waals surface area contributed by atoms with Gasteiger partial charge >= 0.3 is 0 Å². The van der Waals surface area contributed by atoms with E-state index in [0.717, 1.165) is 17.0 Å². The largest absolute Gasteiger partial charge is 0.439 e. The Labute approximate surface area is 88.5 Å². The van der Waals surface area contributed by atoms with Crippen molar-refractivity contribution in [3.63, 3.8) is 0 Å². The van der Waals surface area contributed by atoms with Crippen molar-refractivity contribution in [1.82, 2.24) is 4.98 Å². The SMILES string of the molecule is Cc1c(N)cccc1Oc1ccccn1. The van der Waals surface area contributed by atoms with Crippen LogP contribution in [0.25, 0.3) is 0 Å². The molecule has 0 aliphatic rings. The van der Waals surface area contributed by atoms with E-state index in [1.165, 1.54) is 0 Å². The summed E-state index contributed by atoms with van der Waals surface area (Å²) in [6.45, 7) is 1.92. The Balaban J connectivity index is 2.29. The monoisotopic (exact) mass is 200 g/mol. The van der Waals surface area contributed by atoms with Crippen molar-refractivity contribution in [3.8, 4) is 11.6 Å². The van der Waals surface area contributed by atoms with E-state index in [4.69, 9.17) is 10.5 Å². The Bertz CT molecular complexity index is 454. The highest BCUT2D eigenvalue weighted by Gasteiger charge is 2.03. The molecule has 3 nitrogen and oxygen atoms in total. The molecule has 0 bridgehead atoms. The molecule has 0 fully saturated rings. The minimum absolute atomic E-state index is 0.575. The van der Waals surface area contributed by atoms with Crippen LogP contribution in [0.15, 0.2) is 42.6 Å². The summed E-state index contributed by atoms with van der Waals surface area (Å²) < 4.78 is 5.60. The highest BCUT2D eigenvalue weighted by Crippen LogP contribution is 2.26. The fourth-order valence-electron chi connectivity index (χ4n) is 1.26. The number of hydrogen-bond acceptors (Lipinski definition) is 3. The van der Waals surface area contributed by atoms with Gasteiger partial charge in [0.2, 0.25) is 5.88 Å². The number of aromatic nitrogens is 1. The molecule has 0 unspecified atom stereocenters. The molecule has 0 saturated carbocycles. The van der Waals surface area contributed by atoms with Crippen LogP contribution in [0.5, 0.6) is 11.6 Å². The summed E-state index contributed by atoms with van der Waals surface area (Å²) in [7, 11) is 0. The molecule has 0 atom stereocenters. The minimum atomic E-state index is 0.575. The number of hydrogen-bond donors (Lipinski definition) is 1. The minimum Gasteiger partial charge on any atom is -0.439 e. The average molecular weight is 200 g/mol. The van der Waals surface area contributed by atoms with E-state index in [1.54, 1.807) is 6.20 Å². The van der Waals surface area contributed by atoms with E-state index < -0.39 is 0 Å². The Hall–Kier alpha value is -2.03. The van der Waals surface area contributed by atoms with E-state index in [0.29, 0.717) is 5.88 Å². The third-order valence-electron chi connectivity index (χ3n) is 2.18. The number of pyridine rings is 1. The number of nitrogens with two attached hydrogens (primary N) is 1. The van der Waals surface area contributed by atoms with Crippen LogP contribution in [-0.4, -0.2) is 4.98 Å². The highest BCUT2D eigenvalue weighted by atomic mass is 16.5. The lowest BCUT2D eigenvalue weighted by molar-refractivity contribution is 0.460. The Kier molecular flexibility index (Phi) is 2.54. The van der Waals surface area contributed by atoms with Gasteiger partial charge in [0.1, 0.15) is 5.75 Å². The molecule has 0 amide bonds. The molecular formula is C12H12N2O. The lowest BCUT2D eigenvalue weighted by Gasteiger charge is -2.08. The van der Waals surface area contributed by atoms with Crippen LogP contribution in [0.1, 0.15) is 5.56 Å². The van der Waals surface area contributed by atoms with Crippen molar-refractivity contribution >= 4 is 5.69 Å². The molecule has 15 heavy (non-hydrogen) atoms. The summed E-state index contributed by atoms with van der Waals surface area (Å²) in [6.07, 6.45) is 1.69. The van der Waals surface area contributed by atoms with Crippen LogP contribution in [0.4, 0.5) is 5.69 Å². The maximum absolute atomic E-state index is 5.77. The van der Waals surface area contributed by atoms with Crippen LogP contribution >= 0.6 is 0 Å². The number of rotatable bonds is 2. The van der Waals surface area contributed by atoms with Crippen LogP contribution in [0.2, 0.25) is 0 Å². The quantitative estimate of drug-likeness (QED) is 0.758. The predicted octanol–water partition coefficient (Wildman–Crippen LogP) is 2.76. The van der Waals surface area contributed by atoms with E-state index in [2.05, 4.69) is 4.98 Å². The Morgan fingerprint density at radius 1 is 1.13 bits per heavy atom. The molecule has 0 aliphatic heterocycles. The van der Waals surface area contributed by atoms with E-state index in [9.17, 15) is 0 Å². The maximum atomic E-state index is 5.77. The van der Waals surface area contributed by atoms with E-state index in [1.807, 2.05) is 43.3 Å². The highest BCUT2D eigenvalue weighted by molar-refractivity contribution is 5.53. The summed E-state index contributed by atoms with van der Waals surface area (Å²) in [4.78, 5) is 4.08. The molecule has 2 N–H and O–H groups in total. The summed E-state index contributed by atoms with van der Waals surface area (Å²) >= 11 is 0. The molecule has 1 heterocycles. The molecule has 3 heteroatoms. The van der Waals surface area contributed by atoms with Crippen LogP contribution in [0.3, 0.4) is 0 Å². The second kappa shape index (κ2) is 4.00. The van der Waals surface area contributed by atoms with Crippen molar-refractivity contribution in [2.75, 3.05) is 5.73 Å². The van der Waals surface area contributed by atoms with Crippen LogP contribution < -0.4 is 10.5 Å². The van der Waals surface area contributed by atoms with Gasteiger partial charge in [-0.1, -0.05) is 12.1 Å². The molecule has 2 aromatic rings. The zero-order valence-electron chi connectivity index (χ0n) is 8.47. The number of nitrogens with zero attached hydrogens (tertiary/aromatic N) is 1. The van der Waals surface area contributed by atoms with Crippen molar-refractivity contribution < 1.29 is 4.74 Å². The van der Waals surface area contributed by atoms with E-state index >= 15 is 0 Å². The normalized spacial score (nSPS) is 9.93. The first-order chi connectivity index (χ1) is 7.27. The molecular weight excluding hydrogens is 188 g/mol. The molecule has 76 valence electrons. The molecule has 2 rings (SSSR count). The predicted molar refractivity (Wildman–Crippen MR) is 59.9 cm³/mol. The number of ether oxygens (including phenoxy) is 1. The van der Waals surface area contributed by atoms with Gasteiger partial charge < -0.3 is 10.5 Å². The summed E-state index contributed by atoms with van der Waals surface area (Å²) in [5.74, 6) is 1.32. The molecule has 0 saturated heterocycles. The van der Waals surface area contributed by atoms with Gasteiger partial charge in [-0.2, -0.15) is 0 Å². The lowest BCUT2D eigenvalue weighted by Crippen LogP contribution is -1.94.